The van der Waals surface area contributed by atoms with Gasteiger partial charge in [0.05, 0.1) is 5.54 Å². The molecule has 5 heteroatoms. The summed E-state index contributed by atoms with van der Waals surface area (Å²) in [7, 11) is 1.56. The van der Waals surface area contributed by atoms with Crippen LogP contribution in [0.4, 0.5) is 10.1 Å². The third-order valence-electron chi connectivity index (χ3n) is 4.15. The smallest absolute Gasteiger partial charge is 0.259 e. The van der Waals surface area contributed by atoms with Crippen molar-refractivity contribution in [3.05, 3.63) is 30.1 Å². The maximum absolute atomic E-state index is 13.4. The Hall–Kier alpha value is -1.46. The van der Waals surface area contributed by atoms with Crippen LogP contribution in [-0.4, -0.2) is 37.7 Å². The summed E-state index contributed by atoms with van der Waals surface area (Å²) in [6, 6.07) is 6.20. The molecular weight excluding hydrogens is 247 g/mol. The minimum atomic E-state index is -0.405. The third-order valence-corrected chi connectivity index (χ3v) is 4.15. The fraction of sp³-hybridized carbons (Fsp3) is 0.500. The number of nitrogens with zero attached hydrogens (tertiary/aromatic N) is 1. The normalized spacial score (nSPS) is 25.5. The van der Waals surface area contributed by atoms with E-state index < -0.39 is 6.10 Å². The van der Waals surface area contributed by atoms with Crippen molar-refractivity contribution in [1.29, 1.82) is 0 Å². The molecule has 2 aliphatic rings. The molecule has 0 radical (unpaired) electrons. The van der Waals surface area contributed by atoms with Crippen molar-refractivity contribution in [1.82, 2.24) is 5.32 Å². The molecule has 4 nitrogen and oxygen atoms in total. The molecule has 1 N–H and O–H groups in total. The van der Waals surface area contributed by atoms with Crippen LogP contribution in [0.1, 0.15) is 12.8 Å². The maximum atomic E-state index is 13.4. The van der Waals surface area contributed by atoms with Gasteiger partial charge in [-0.1, -0.05) is 6.07 Å². The Kier molecular flexibility index (Phi) is 3.03. The second-order valence-corrected chi connectivity index (χ2v) is 5.12. The standard InChI is InChI=1S/C14H17FN2O2/c1-19-12-13(18)17(11-4-2-3-10(15)9-11)14(12)5-7-16-8-6-14/h2-4,9,12,16H,5-8H2,1H3/t12-/m0/s1. The topological polar surface area (TPSA) is 41.6 Å². The van der Waals surface area contributed by atoms with Gasteiger partial charge >= 0.3 is 0 Å². The van der Waals surface area contributed by atoms with Crippen LogP contribution in [0.15, 0.2) is 24.3 Å². The third kappa shape index (κ3) is 1.76. The van der Waals surface area contributed by atoms with Crippen LogP contribution in [0.2, 0.25) is 0 Å². The number of anilines is 1. The van der Waals surface area contributed by atoms with Crippen molar-refractivity contribution in [2.75, 3.05) is 25.1 Å². The minimum Gasteiger partial charge on any atom is -0.369 e. The first-order valence-corrected chi connectivity index (χ1v) is 6.52. The molecule has 1 atom stereocenters. The van der Waals surface area contributed by atoms with Gasteiger partial charge in [-0.05, 0) is 44.1 Å². The van der Waals surface area contributed by atoms with Crippen LogP contribution in [0.25, 0.3) is 0 Å². The first kappa shape index (κ1) is 12.6. The summed E-state index contributed by atoms with van der Waals surface area (Å²) in [5, 5.41) is 3.28. The molecule has 0 aromatic heterocycles. The molecule has 0 aliphatic carbocycles. The molecule has 102 valence electrons. The molecule has 1 amide bonds. The fourth-order valence-electron chi connectivity index (χ4n) is 3.28. The molecule has 2 aliphatic heterocycles. The number of carbonyl (C=O) groups excluding carboxylic acids is 1. The fourth-order valence-corrected chi connectivity index (χ4v) is 3.28. The van der Waals surface area contributed by atoms with Gasteiger partial charge in [-0.15, -0.1) is 0 Å². The number of benzene rings is 1. The highest BCUT2D eigenvalue weighted by Crippen LogP contribution is 2.44. The highest BCUT2D eigenvalue weighted by molar-refractivity contribution is 6.06. The highest BCUT2D eigenvalue weighted by atomic mass is 19.1. The molecular formula is C14H17FN2O2. The number of rotatable bonds is 2. The van der Waals surface area contributed by atoms with Gasteiger partial charge in [-0.2, -0.15) is 0 Å². The van der Waals surface area contributed by atoms with E-state index in [0.717, 1.165) is 25.9 Å². The van der Waals surface area contributed by atoms with Crippen LogP contribution in [0.5, 0.6) is 0 Å². The number of carbonyl (C=O) groups is 1. The Bertz CT molecular complexity index is 500. The molecule has 2 heterocycles. The number of β-lactam (4-membered cyclic amide) rings is 1. The van der Waals surface area contributed by atoms with Crippen LogP contribution in [0, 0.1) is 5.82 Å². The lowest BCUT2D eigenvalue weighted by Crippen LogP contribution is -2.77. The zero-order valence-corrected chi connectivity index (χ0v) is 10.9. The molecule has 1 aromatic rings. The summed E-state index contributed by atoms with van der Waals surface area (Å²) in [6.45, 7) is 1.69. The van der Waals surface area contributed by atoms with Gasteiger partial charge in [0.2, 0.25) is 0 Å². The van der Waals surface area contributed by atoms with Crippen LogP contribution >= 0.6 is 0 Å². The van der Waals surface area contributed by atoms with E-state index in [1.54, 1.807) is 24.1 Å². The van der Waals surface area contributed by atoms with Gasteiger partial charge in [0, 0.05) is 12.8 Å². The molecule has 2 saturated heterocycles. The molecule has 0 unspecified atom stereocenters. The molecule has 1 spiro atoms. The van der Waals surface area contributed by atoms with Crippen molar-refractivity contribution in [2.24, 2.45) is 0 Å². The number of piperidine rings is 1. The molecule has 2 fully saturated rings. The average Bonchev–Trinajstić information content (AvgIpc) is 2.40. The number of methoxy groups -OCH3 is 1. The lowest BCUT2D eigenvalue weighted by Gasteiger charge is -2.58. The monoisotopic (exact) mass is 264 g/mol. The zero-order chi connectivity index (χ0) is 13.5. The molecule has 19 heavy (non-hydrogen) atoms. The molecule has 0 bridgehead atoms. The highest BCUT2D eigenvalue weighted by Gasteiger charge is 2.61. The van der Waals surface area contributed by atoms with Gasteiger partial charge in [-0.25, -0.2) is 4.39 Å². The predicted octanol–water partition coefficient (Wildman–Crippen LogP) is 1.31. The Morgan fingerprint density at radius 2 is 2.16 bits per heavy atom. The summed E-state index contributed by atoms with van der Waals surface area (Å²) in [5.41, 5.74) is 0.311. The van der Waals surface area contributed by atoms with E-state index >= 15 is 0 Å². The average molecular weight is 264 g/mol. The van der Waals surface area contributed by atoms with Gasteiger partial charge < -0.3 is 15.0 Å². The minimum absolute atomic E-state index is 0.0741. The first-order chi connectivity index (χ1) is 9.19. The van der Waals surface area contributed by atoms with E-state index in [9.17, 15) is 9.18 Å². The first-order valence-electron chi connectivity index (χ1n) is 6.52. The van der Waals surface area contributed by atoms with Crippen LogP contribution in [0.3, 0.4) is 0 Å². The van der Waals surface area contributed by atoms with Crippen LogP contribution in [-0.2, 0) is 9.53 Å². The van der Waals surface area contributed by atoms with Crippen molar-refractivity contribution in [3.8, 4) is 0 Å². The number of amides is 1. The summed E-state index contributed by atoms with van der Waals surface area (Å²) >= 11 is 0. The summed E-state index contributed by atoms with van der Waals surface area (Å²) < 4.78 is 18.7. The van der Waals surface area contributed by atoms with E-state index in [1.165, 1.54) is 12.1 Å². The van der Waals surface area contributed by atoms with Gasteiger partial charge in [0.25, 0.3) is 5.91 Å². The summed E-state index contributed by atoms with van der Waals surface area (Å²) in [4.78, 5) is 13.9. The Morgan fingerprint density at radius 1 is 1.42 bits per heavy atom. The quantitative estimate of drug-likeness (QED) is 0.819. The van der Waals surface area contributed by atoms with Crippen molar-refractivity contribution in [2.45, 2.75) is 24.5 Å². The lowest BCUT2D eigenvalue weighted by molar-refractivity contribution is -0.149. The van der Waals surface area contributed by atoms with E-state index in [0.29, 0.717) is 5.69 Å². The Morgan fingerprint density at radius 3 is 2.79 bits per heavy atom. The van der Waals surface area contributed by atoms with Crippen molar-refractivity contribution < 1.29 is 13.9 Å². The number of hydrogen-bond donors (Lipinski definition) is 1. The zero-order valence-electron chi connectivity index (χ0n) is 10.9. The summed E-state index contributed by atoms with van der Waals surface area (Å²) in [5.74, 6) is -0.398. The number of halogens is 1. The van der Waals surface area contributed by atoms with Crippen molar-refractivity contribution in [3.63, 3.8) is 0 Å². The van der Waals surface area contributed by atoms with Gasteiger partial charge in [0.15, 0.2) is 6.10 Å². The van der Waals surface area contributed by atoms with Gasteiger partial charge in [-0.3, -0.25) is 4.79 Å². The molecule has 0 saturated carbocycles. The summed E-state index contributed by atoms with van der Waals surface area (Å²) in [6.07, 6.45) is 1.25. The van der Waals surface area contributed by atoms with E-state index in [2.05, 4.69) is 5.32 Å². The van der Waals surface area contributed by atoms with E-state index in [4.69, 9.17) is 4.74 Å². The van der Waals surface area contributed by atoms with Crippen LogP contribution < -0.4 is 10.2 Å². The Balaban J connectivity index is 1.97. The molecule has 1 aromatic carbocycles. The maximum Gasteiger partial charge on any atom is 0.259 e. The van der Waals surface area contributed by atoms with E-state index in [-0.39, 0.29) is 17.3 Å². The molecule has 3 rings (SSSR count). The number of ether oxygens (including phenoxy) is 1. The van der Waals surface area contributed by atoms with E-state index in [1.807, 2.05) is 0 Å². The van der Waals surface area contributed by atoms with Gasteiger partial charge in [0.1, 0.15) is 5.82 Å². The number of hydrogen-bond acceptors (Lipinski definition) is 3. The Labute approximate surface area is 111 Å². The SMILES string of the molecule is CO[C@H]1C(=O)N(c2cccc(F)c2)C12CCNCC2. The lowest BCUT2D eigenvalue weighted by atomic mass is 9.73. The predicted molar refractivity (Wildman–Crippen MR) is 69.5 cm³/mol. The number of nitrogens with one attached hydrogen (secondary N) is 1. The second kappa shape index (κ2) is 4.58. The van der Waals surface area contributed by atoms with Crippen molar-refractivity contribution >= 4 is 11.6 Å². The second-order valence-electron chi connectivity index (χ2n) is 5.12. The largest absolute Gasteiger partial charge is 0.369 e.